The number of carbonyl (C=O) groups excluding carboxylic acids is 3. The molecule has 0 unspecified atom stereocenters. The summed E-state index contributed by atoms with van der Waals surface area (Å²) in [5, 5.41) is 2.55. The van der Waals surface area contributed by atoms with Gasteiger partial charge in [0.2, 0.25) is 5.76 Å². The van der Waals surface area contributed by atoms with Crippen molar-refractivity contribution in [1.82, 2.24) is 15.2 Å². The number of imide groups is 1. The van der Waals surface area contributed by atoms with Gasteiger partial charge in [0.15, 0.2) is 0 Å². The van der Waals surface area contributed by atoms with E-state index in [0.717, 1.165) is 21.9 Å². The predicted octanol–water partition coefficient (Wildman–Crippen LogP) is 2.10. The number of H-pyrrole nitrogens is 1. The Balaban J connectivity index is 1.78. The number of methoxy groups -OCH3 is 1. The molecular weight excluding hydrogens is 326 g/mol. The first-order valence-corrected chi connectivity index (χ1v) is 7.57. The third kappa shape index (κ3) is 3.18. The van der Waals surface area contributed by atoms with Gasteiger partial charge in [-0.1, -0.05) is 0 Å². The van der Waals surface area contributed by atoms with Crippen LogP contribution in [0.4, 0.5) is 4.79 Å². The Morgan fingerprint density at radius 1 is 1.32 bits per heavy atom. The van der Waals surface area contributed by atoms with Gasteiger partial charge >= 0.3 is 12.0 Å². The van der Waals surface area contributed by atoms with E-state index >= 15 is 0 Å². The van der Waals surface area contributed by atoms with Crippen LogP contribution in [0.2, 0.25) is 0 Å². The molecule has 2 aromatic rings. The lowest BCUT2D eigenvalue weighted by Gasteiger charge is -2.09. The molecule has 0 saturated carbocycles. The minimum atomic E-state index is -0.623. The summed E-state index contributed by atoms with van der Waals surface area (Å²) in [7, 11) is 1.24. The minimum absolute atomic E-state index is 0.0127. The van der Waals surface area contributed by atoms with Crippen LogP contribution in [0.1, 0.15) is 33.3 Å². The van der Waals surface area contributed by atoms with Crippen molar-refractivity contribution in [2.75, 3.05) is 7.11 Å². The summed E-state index contributed by atoms with van der Waals surface area (Å²) in [5.74, 6) is -0.765. The maximum absolute atomic E-state index is 12.5. The highest BCUT2D eigenvalue weighted by molar-refractivity contribution is 6.13. The number of amides is 3. The van der Waals surface area contributed by atoms with Crippen LogP contribution in [0.3, 0.4) is 0 Å². The van der Waals surface area contributed by atoms with E-state index in [9.17, 15) is 14.4 Å². The number of nitrogens with one attached hydrogen (secondary N) is 2. The molecule has 8 nitrogen and oxygen atoms in total. The highest BCUT2D eigenvalue weighted by Gasteiger charge is 2.34. The van der Waals surface area contributed by atoms with Crippen LogP contribution in [0.5, 0.6) is 0 Å². The van der Waals surface area contributed by atoms with Crippen LogP contribution in [-0.4, -0.2) is 34.9 Å². The topological polar surface area (TPSA) is 105 Å². The van der Waals surface area contributed by atoms with E-state index in [1.165, 1.54) is 19.2 Å². The van der Waals surface area contributed by atoms with Gasteiger partial charge in [-0.2, -0.15) is 0 Å². The molecule has 130 valence electrons. The van der Waals surface area contributed by atoms with Gasteiger partial charge in [-0.15, -0.1) is 0 Å². The van der Waals surface area contributed by atoms with Crippen LogP contribution >= 0.6 is 0 Å². The number of carbonyl (C=O) groups is 3. The van der Waals surface area contributed by atoms with Crippen molar-refractivity contribution in [3.05, 3.63) is 52.4 Å². The molecule has 0 radical (unpaired) electrons. The molecule has 1 fully saturated rings. The maximum Gasteiger partial charge on any atom is 0.373 e. The molecule has 0 spiro atoms. The largest absolute Gasteiger partial charge is 0.463 e. The van der Waals surface area contributed by atoms with Crippen molar-refractivity contribution in [2.24, 2.45) is 0 Å². The Labute approximate surface area is 143 Å². The third-order valence-corrected chi connectivity index (χ3v) is 3.81. The number of hydrogen-bond acceptors (Lipinski definition) is 5. The number of esters is 1. The molecule has 3 heterocycles. The number of aromatic amines is 1. The van der Waals surface area contributed by atoms with Crippen LogP contribution in [0.15, 0.2) is 28.3 Å². The second-order valence-corrected chi connectivity index (χ2v) is 5.67. The van der Waals surface area contributed by atoms with Crippen molar-refractivity contribution in [3.63, 3.8) is 0 Å². The smallest absolute Gasteiger partial charge is 0.373 e. The van der Waals surface area contributed by atoms with E-state index < -0.39 is 17.9 Å². The first kappa shape index (κ1) is 16.6. The summed E-state index contributed by atoms with van der Waals surface area (Å²) in [4.78, 5) is 40.1. The standard InChI is InChI=1S/C17H17N3O5/c1-9-6-11(10(2)18-9)7-13-15(21)20(17(23)19-13)8-12-4-5-14(25-12)16(22)24-3/h4-7,18H,8H2,1-3H3,(H,19,23)/b13-7-. The van der Waals surface area contributed by atoms with Gasteiger partial charge in [0.1, 0.15) is 11.5 Å². The zero-order chi connectivity index (χ0) is 18.1. The van der Waals surface area contributed by atoms with Gasteiger partial charge in [-0.25, -0.2) is 9.59 Å². The van der Waals surface area contributed by atoms with E-state index in [0.29, 0.717) is 5.76 Å². The average molecular weight is 343 g/mol. The molecule has 8 heteroatoms. The highest BCUT2D eigenvalue weighted by Crippen LogP contribution is 2.20. The van der Waals surface area contributed by atoms with Crippen LogP contribution < -0.4 is 5.32 Å². The first-order valence-electron chi connectivity index (χ1n) is 7.57. The molecule has 1 saturated heterocycles. The number of ether oxygens (including phenoxy) is 1. The van der Waals surface area contributed by atoms with E-state index in [1.807, 2.05) is 19.9 Å². The number of aryl methyl sites for hydroxylation is 2. The molecule has 0 aromatic carbocycles. The quantitative estimate of drug-likeness (QED) is 0.502. The Bertz CT molecular complexity index is 890. The normalized spacial score (nSPS) is 15.8. The molecule has 3 rings (SSSR count). The predicted molar refractivity (Wildman–Crippen MR) is 87.4 cm³/mol. The van der Waals surface area contributed by atoms with Gasteiger partial charge in [0.05, 0.1) is 13.7 Å². The summed E-state index contributed by atoms with van der Waals surface area (Å²) in [5.41, 5.74) is 2.88. The third-order valence-electron chi connectivity index (χ3n) is 3.81. The summed E-state index contributed by atoms with van der Waals surface area (Å²) >= 11 is 0. The highest BCUT2D eigenvalue weighted by atomic mass is 16.5. The molecule has 1 aliphatic rings. The Kier molecular flexibility index (Phi) is 4.18. The lowest BCUT2D eigenvalue weighted by molar-refractivity contribution is -0.123. The number of nitrogens with zero attached hydrogens (tertiary/aromatic N) is 1. The molecule has 25 heavy (non-hydrogen) atoms. The van der Waals surface area contributed by atoms with Gasteiger partial charge in [0.25, 0.3) is 5.91 Å². The fourth-order valence-corrected chi connectivity index (χ4v) is 2.60. The van der Waals surface area contributed by atoms with Crippen molar-refractivity contribution in [3.8, 4) is 0 Å². The minimum Gasteiger partial charge on any atom is -0.463 e. The Morgan fingerprint density at radius 3 is 2.72 bits per heavy atom. The molecular formula is C17H17N3O5. The maximum atomic E-state index is 12.5. The second kappa shape index (κ2) is 6.31. The number of rotatable bonds is 4. The Hall–Kier alpha value is -3.29. The zero-order valence-corrected chi connectivity index (χ0v) is 14.0. The van der Waals surface area contributed by atoms with Gasteiger partial charge in [-0.3, -0.25) is 9.69 Å². The molecule has 0 bridgehead atoms. The molecule has 2 aromatic heterocycles. The lowest BCUT2D eigenvalue weighted by Crippen LogP contribution is -2.30. The van der Waals surface area contributed by atoms with Crippen LogP contribution in [0.25, 0.3) is 6.08 Å². The van der Waals surface area contributed by atoms with E-state index in [4.69, 9.17) is 4.42 Å². The monoisotopic (exact) mass is 343 g/mol. The van der Waals surface area contributed by atoms with E-state index in [1.54, 1.807) is 6.08 Å². The second-order valence-electron chi connectivity index (χ2n) is 5.67. The van der Waals surface area contributed by atoms with Crippen molar-refractivity contribution < 1.29 is 23.5 Å². The molecule has 0 atom stereocenters. The average Bonchev–Trinajstić information content (AvgIpc) is 3.23. The van der Waals surface area contributed by atoms with Crippen LogP contribution in [0, 0.1) is 13.8 Å². The van der Waals surface area contributed by atoms with Crippen molar-refractivity contribution in [1.29, 1.82) is 0 Å². The fraction of sp³-hybridized carbons (Fsp3) is 0.235. The van der Waals surface area contributed by atoms with E-state index in [-0.39, 0.29) is 18.0 Å². The number of hydrogen-bond donors (Lipinski definition) is 2. The molecule has 0 aliphatic carbocycles. The SMILES string of the molecule is COC(=O)c1ccc(CN2C(=O)N/C(=C\c3cc(C)[nH]c3C)C2=O)o1. The number of urea groups is 1. The van der Waals surface area contributed by atoms with Gasteiger partial charge in [-0.05, 0) is 43.7 Å². The summed E-state index contributed by atoms with van der Waals surface area (Å²) < 4.78 is 9.85. The van der Waals surface area contributed by atoms with Crippen LogP contribution in [-0.2, 0) is 16.1 Å². The summed E-state index contributed by atoms with van der Waals surface area (Å²) in [6, 6.07) is 4.30. The van der Waals surface area contributed by atoms with E-state index in [2.05, 4.69) is 15.0 Å². The van der Waals surface area contributed by atoms with Gasteiger partial charge in [0, 0.05) is 11.4 Å². The van der Waals surface area contributed by atoms with Crippen molar-refractivity contribution >= 4 is 24.0 Å². The zero-order valence-electron chi connectivity index (χ0n) is 14.0. The summed E-state index contributed by atoms with van der Waals surface area (Å²) in [6.45, 7) is 3.71. The van der Waals surface area contributed by atoms with Crippen molar-refractivity contribution in [2.45, 2.75) is 20.4 Å². The lowest BCUT2D eigenvalue weighted by atomic mass is 10.2. The summed E-state index contributed by atoms with van der Waals surface area (Å²) in [6.07, 6.45) is 1.63. The van der Waals surface area contributed by atoms with Gasteiger partial charge < -0.3 is 19.5 Å². The fourth-order valence-electron chi connectivity index (χ4n) is 2.60. The first-order chi connectivity index (χ1) is 11.9. The molecule has 2 N–H and O–H groups in total. The molecule has 3 amide bonds. The molecule has 1 aliphatic heterocycles. The Morgan fingerprint density at radius 2 is 2.08 bits per heavy atom. The number of furan rings is 1. The number of aromatic nitrogens is 1.